The van der Waals surface area contributed by atoms with Crippen LogP contribution in [0.5, 0.6) is 0 Å². The SMILES string of the molecule is CCN(CC)S(=O)(=O)c1cccc(NC(=O)CSc2nc(C)nc3sc(C)c(C)c23)c1. The molecule has 7 nitrogen and oxygen atoms in total. The number of anilines is 1. The van der Waals surface area contributed by atoms with Crippen LogP contribution in [0.4, 0.5) is 5.69 Å². The second-order valence-corrected chi connectivity index (χ2v) is 11.1. The molecule has 0 unspecified atom stereocenters. The molecule has 1 aromatic carbocycles. The molecular formula is C21H26N4O3S3. The van der Waals surface area contributed by atoms with Crippen LogP contribution in [-0.4, -0.2) is 47.4 Å². The molecule has 3 aromatic rings. The van der Waals surface area contributed by atoms with E-state index in [2.05, 4.69) is 22.2 Å². The number of sulfonamides is 1. The molecule has 0 fully saturated rings. The van der Waals surface area contributed by atoms with E-state index >= 15 is 0 Å². The summed E-state index contributed by atoms with van der Waals surface area (Å²) in [5, 5.41) is 4.59. The normalized spacial score (nSPS) is 11.9. The molecule has 2 heterocycles. The number of benzene rings is 1. The van der Waals surface area contributed by atoms with Crippen LogP contribution >= 0.6 is 23.1 Å². The molecule has 0 bridgehead atoms. The molecule has 1 N–H and O–H groups in total. The lowest BCUT2D eigenvalue weighted by molar-refractivity contribution is -0.113. The highest BCUT2D eigenvalue weighted by Gasteiger charge is 2.22. The molecular weight excluding hydrogens is 452 g/mol. The lowest BCUT2D eigenvalue weighted by Gasteiger charge is -2.18. The Balaban J connectivity index is 1.75. The van der Waals surface area contributed by atoms with Gasteiger partial charge in [0.2, 0.25) is 15.9 Å². The van der Waals surface area contributed by atoms with Crippen molar-refractivity contribution in [3.63, 3.8) is 0 Å². The number of thiophene rings is 1. The molecule has 0 saturated heterocycles. The number of hydrogen-bond donors (Lipinski definition) is 1. The van der Waals surface area contributed by atoms with Crippen molar-refractivity contribution in [2.75, 3.05) is 24.2 Å². The van der Waals surface area contributed by atoms with Crippen LogP contribution in [0.1, 0.15) is 30.1 Å². The number of carbonyl (C=O) groups is 1. The average Bonchev–Trinajstić information content (AvgIpc) is 3.00. The zero-order chi connectivity index (χ0) is 22.8. The van der Waals surface area contributed by atoms with Crippen LogP contribution in [0.15, 0.2) is 34.2 Å². The van der Waals surface area contributed by atoms with Gasteiger partial charge in [-0.05, 0) is 44.5 Å². The van der Waals surface area contributed by atoms with Gasteiger partial charge in [-0.25, -0.2) is 18.4 Å². The lowest BCUT2D eigenvalue weighted by Crippen LogP contribution is -2.30. The molecule has 0 aliphatic heterocycles. The van der Waals surface area contributed by atoms with Crippen molar-refractivity contribution in [2.45, 2.75) is 44.5 Å². The van der Waals surface area contributed by atoms with Gasteiger partial charge < -0.3 is 5.32 Å². The topological polar surface area (TPSA) is 92.3 Å². The van der Waals surface area contributed by atoms with Gasteiger partial charge in [-0.3, -0.25) is 4.79 Å². The number of nitrogens with zero attached hydrogens (tertiary/aromatic N) is 3. The fraction of sp³-hybridized carbons (Fsp3) is 0.381. The van der Waals surface area contributed by atoms with E-state index in [4.69, 9.17) is 0 Å². The van der Waals surface area contributed by atoms with Gasteiger partial charge in [-0.1, -0.05) is 31.7 Å². The molecule has 10 heteroatoms. The summed E-state index contributed by atoms with van der Waals surface area (Å²) in [5.74, 6) is 0.606. The third kappa shape index (κ3) is 5.08. The quantitative estimate of drug-likeness (QED) is 0.382. The van der Waals surface area contributed by atoms with Gasteiger partial charge >= 0.3 is 0 Å². The van der Waals surface area contributed by atoms with E-state index in [0.717, 1.165) is 20.8 Å². The summed E-state index contributed by atoms with van der Waals surface area (Å²) in [6, 6.07) is 6.35. The number of nitrogens with one attached hydrogen (secondary N) is 1. The summed E-state index contributed by atoms with van der Waals surface area (Å²) in [7, 11) is -3.59. The zero-order valence-electron chi connectivity index (χ0n) is 18.2. The lowest BCUT2D eigenvalue weighted by atomic mass is 10.2. The maximum absolute atomic E-state index is 12.7. The van der Waals surface area contributed by atoms with Crippen LogP contribution in [0.2, 0.25) is 0 Å². The minimum atomic E-state index is -3.59. The van der Waals surface area contributed by atoms with Crippen molar-refractivity contribution in [1.82, 2.24) is 14.3 Å². The number of hydrogen-bond acceptors (Lipinski definition) is 7. The second kappa shape index (κ2) is 9.64. The Labute approximate surface area is 191 Å². The number of rotatable bonds is 8. The Morgan fingerprint density at radius 1 is 1.16 bits per heavy atom. The molecule has 0 saturated carbocycles. The van der Waals surface area contributed by atoms with Crippen LogP contribution in [0.25, 0.3) is 10.2 Å². The first-order chi connectivity index (χ1) is 14.7. The van der Waals surface area contributed by atoms with Gasteiger partial charge in [-0.2, -0.15) is 4.31 Å². The Bertz CT molecular complexity index is 1220. The van der Waals surface area contributed by atoms with Gasteiger partial charge in [0.25, 0.3) is 0 Å². The van der Waals surface area contributed by atoms with Crippen molar-refractivity contribution in [1.29, 1.82) is 0 Å². The van der Waals surface area contributed by atoms with E-state index in [0.29, 0.717) is 24.6 Å². The number of aryl methyl sites for hydroxylation is 3. The highest BCUT2D eigenvalue weighted by Crippen LogP contribution is 2.35. The summed E-state index contributed by atoms with van der Waals surface area (Å²) in [4.78, 5) is 23.9. The van der Waals surface area contributed by atoms with Crippen molar-refractivity contribution in [2.24, 2.45) is 0 Å². The molecule has 0 spiro atoms. The predicted octanol–water partition coefficient (Wildman–Crippen LogP) is 4.38. The maximum Gasteiger partial charge on any atom is 0.243 e. The fourth-order valence-corrected chi connectivity index (χ4v) is 6.77. The highest BCUT2D eigenvalue weighted by atomic mass is 32.2. The number of aromatic nitrogens is 2. The smallest absolute Gasteiger partial charge is 0.243 e. The summed E-state index contributed by atoms with van der Waals surface area (Å²) in [6.45, 7) is 10.3. The van der Waals surface area contributed by atoms with Gasteiger partial charge in [-0.15, -0.1) is 11.3 Å². The van der Waals surface area contributed by atoms with E-state index < -0.39 is 10.0 Å². The molecule has 0 atom stereocenters. The molecule has 0 radical (unpaired) electrons. The Kier molecular flexibility index (Phi) is 7.35. The standard InChI is InChI=1S/C21H26N4O3S3/c1-6-25(7-2)31(27,28)17-10-8-9-16(11-17)24-18(26)12-29-20-19-13(3)14(4)30-21(19)23-15(5)22-20/h8-11H,6-7,12H2,1-5H3,(H,24,26). The second-order valence-electron chi connectivity index (χ2n) is 6.99. The average molecular weight is 479 g/mol. The molecule has 31 heavy (non-hydrogen) atoms. The van der Waals surface area contributed by atoms with Gasteiger partial charge in [0.15, 0.2) is 0 Å². The number of amides is 1. The first kappa shape index (κ1) is 23.6. The maximum atomic E-state index is 12.7. The van der Waals surface area contributed by atoms with E-state index in [9.17, 15) is 13.2 Å². The molecule has 0 aliphatic carbocycles. The summed E-state index contributed by atoms with van der Waals surface area (Å²) >= 11 is 2.99. The predicted molar refractivity (Wildman–Crippen MR) is 128 cm³/mol. The highest BCUT2D eigenvalue weighted by molar-refractivity contribution is 8.00. The van der Waals surface area contributed by atoms with Gasteiger partial charge in [0.05, 0.1) is 10.6 Å². The molecule has 3 rings (SSSR count). The van der Waals surface area contributed by atoms with Gasteiger partial charge in [0.1, 0.15) is 15.7 Å². The Hall–Kier alpha value is -2.01. The zero-order valence-corrected chi connectivity index (χ0v) is 20.7. The van der Waals surface area contributed by atoms with E-state index in [1.165, 1.54) is 27.0 Å². The largest absolute Gasteiger partial charge is 0.325 e. The third-order valence-electron chi connectivity index (χ3n) is 4.91. The Morgan fingerprint density at radius 2 is 1.87 bits per heavy atom. The van der Waals surface area contributed by atoms with Gasteiger partial charge in [0, 0.05) is 29.0 Å². The molecule has 2 aromatic heterocycles. The van der Waals surface area contributed by atoms with Crippen LogP contribution in [0, 0.1) is 20.8 Å². The minimum Gasteiger partial charge on any atom is -0.325 e. The van der Waals surface area contributed by atoms with E-state index in [1.54, 1.807) is 43.4 Å². The summed E-state index contributed by atoms with van der Waals surface area (Å²) in [6.07, 6.45) is 0. The van der Waals surface area contributed by atoms with Crippen molar-refractivity contribution < 1.29 is 13.2 Å². The summed E-state index contributed by atoms with van der Waals surface area (Å²) in [5.41, 5.74) is 1.59. The van der Waals surface area contributed by atoms with E-state index in [1.807, 2.05) is 13.8 Å². The summed E-state index contributed by atoms with van der Waals surface area (Å²) < 4.78 is 26.8. The minimum absolute atomic E-state index is 0.160. The molecule has 166 valence electrons. The monoisotopic (exact) mass is 478 g/mol. The van der Waals surface area contributed by atoms with Crippen molar-refractivity contribution in [3.8, 4) is 0 Å². The van der Waals surface area contributed by atoms with Crippen molar-refractivity contribution in [3.05, 3.63) is 40.5 Å². The number of carbonyl (C=O) groups excluding carboxylic acids is 1. The van der Waals surface area contributed by atoms with Crippen LogP contribution in [-0.2, 0) is 14.8 Å². The molecule has 1 amide bonds. The van der Waals surface area contributed by atoms with E-state index in [-0.39, 0.29) is 16.6 Å². The van der Waals surface area contributed by atoms with Crippen molar-refractivity contribution >= 4 is 54.9 Å². The number of fused-ring (bicyclic) bond motifs is 1. The Morgan fingerprint density at radius 3 is 2.55 bits per heavy atom. The molecule has 0 aliphatic rings. The number of thioether (sulfide) groups is 1. The third-order valence-corrected chi connectivity index (χ3v) is 9.03. The first-order valence-electron chi connectivity index (χ1n) is 9.94. The fourth-order valence-electron chi connectivity index (χ4n) is 3.20. The first-order valence-corrected chi connectivity index (χ1v) is 13.2. The van der Waals surface area contributed by atoms with Crippen LogP contribution in [0.3, 0.4) is 0 Å². The van der Waals surface area contributed by atoms with Crippen LogP contribution < -0.4 is 5.32 Å².